The fourth-order valence-electron chi connectivity index (χ4n) is 4.17. The highest BCUT2D eigenvalue weighted by Gasteiger charge is 2.33. The first kappa shape index (κ1) is 21.1. The van der Waals surface area contributed by atoms with Crippen molar-refractivity contribution in [2.24, 2.45) is 5.92 Å². The van der Waals surface area contributed by atoms with E-state index < -0.39 is 11.7 Å². The fourth-order valence-corrected chi connectivity index (χ4v) is 4.17. The topological polar surface area (TPSA) is 64.0 Å². The monoisotopic (exact) mass is 400 g/mol. The van der Waals surface area contributed by atoms with Crippen LogP contribution in [0, 0.1) is 5.92 Å². The van der Waals surface area contributed by atoms with E-state index in [1.165, 1.54) is 12.1 Å². The summed E-state index contributed by atoms with van der Waals surface area (Å²) < 4.78 is 38.6. The molecule has 1 amide bonds. The SMILES string of the molecule is O=C(c1cccc(C(F)(F)F)c1)N1CCC(CN2C[C@H](O)CC[C@@H]2CO)CC1. The summed E-state index contributed by atoms with van der Waals surface area (Å²) in [7, 11) is 0. The summed E-state index contributed by atoms with van der Waals surface area (Å²) in [5, 5.41) is 19.4. The largest absolute Gasteiger partial charge is 0.416 e. The highest BCUT2D eigenvalue weighted by Crippen LogP contribution is 2.30. The molecule has 8 heteroatoms. The van der Waals surface area contributed by atoms with Crippen molar-refractivity contribution >= 4 is 5.91 Å². The van der Waals surface area contributed by atoms with Gasteiger partial charge >= 0.3 is 6.18 Å². The van der Waals surface area contributed by atoms with Gasteiger partial charge in [-0.05, 0) is 49.8 Å². The normalized spacial score (nSPS) is 25.1. The van der Waals surface area contributed by atoms with Crippen LogP contribution in [0.15, 0.2) is 24.3 Å². The molecular weight excluding hydrogens is 373 g/mol. The number of carbonyl (C=O) groups is 1. The van der Waals surface area contributed by atoms with Crippen LogP contribution in [-0.4, -0.2) is 70.9 Å². The Kier molecular flexibility index (Phi) is 6.62. The Morgan fingerprint density at radius 1 is 1.14 bits per heavy atom. The molecule has 0 aromatic heterocycles. The van der Waals surface area contributed by atoms with Crippen LogP contribution in [0.1, 0.15) is 41.6 Å². The predicted octanol–water partition coefficient (Wildman–Crippen LogP) is 2.38. The highest BCUT2D eigenvalue weighted by atomic mass is 19.4. The number of piperidine rings is 2. The second-order valence-electron chi connectivity index (χ2n) is 7.84. The molecule has 28 heavy (non-hydrogen) atoms. The molecule has 2 aliphatic heterocycles. The van der Waals surface area contributed by atoms with Crippen LogP contribution >= 0.6 is 0 Å². The first-order valence-electron chi connectivity index (χ1n) is 9.77. The van der Waals surface area contributed by atoms with E-state index in [0.29, 0.717) is 32.0 Å². The summed E-state index contributed by atoms with van der Waals surface area (Å²) in [6.45, 7) is 2.38. The Morgan fingerprint density at radius 3 is 2.50 bits per heavy atom. The molecule has 3 rings (SSSR count). The average molecular weight is 400 g/mol. The van der Waals surface area contributed by atoms with E-state index in [1.807, 2.05) is 0 Å². The molecule has 156 valence electrons. The van der Waals surface area contributed by atoms with Crippen molar-refractivity contribution < 1.29 is 28.2 Å². The molecule has 5 nitrogen and oxygen atoms in total. The molecule has 1 aromatic rings. The number of alkyl halides is 3. The second kappa shape index (κ2) is 8.80. The highest BCUT2D eigenvalue weighted by molar-refractivity contribution is 5.94. The first-order valence-corrected chi connectivity index (χ1v) is 9.77. The van der Waals surface area contributed by atoms with Gasteiger partial charge < -0.3 is 15.1 Å². The van der Waals surface area contributed by atoms with Gasteiger partial charge in [0.15, 0.2) is 0 Å². The molecule has 2 aliphatic rings. The van der Waals surface area contributed by atoms with Crippen LogP contribution in [0.5, 0.6) is 0 Å². The van der Waals surface area contributed by atoms with Crippen molar-refractivity contribution in [2.75, 3.05) is 32.8 Å². The number of amides is 1. The Morgan fingerprint density at radius 2 is 1.86 bits per heavy atom. The molecule has 2 heterocycles. The third kappa shape index (κ3) is 5.04. The lowest BCUT2D eigenvalue weighted by Gasteiger charge is -2.41. The van der Waals surface area contributed by atoms with E-state index in [2.05, 4.69) is 4.90 Å². The third-order valence-corrected chi connectivity index (χ3v) is 5.84. The van der Waals surface area contributed by atoms with Gasteiger partial charge in [-0.1, -0.05) is 6.07 Å². The molecule has 2 atom stereocenters. The zero-order chi connectivity index (χ0) is 20.3. The number of hydrogen-bond donors (Lipinski definition) is 2. The number of β-amino-alcohol motifs (C(OH)–C–C–N with tert-alkyl or cyclic N) is 1. The molecule has 0 radical (unpaired) electrons. The quantitative estimate of drug-likeness (QED) is 0.815. The van der Waals surface area contributed by atoms with Gasteiger partial charge in [0.05, 0.1) is 18.3 Å². The maximum atomic E-state index is 12.9. The lowest BCUT2D eigenvalue weighted by molar-refractivity contribution is -0.137. The number of aliphatic hydroxyl groups excluding tert-OH is 2. The summed E-state index contributed by atoms with van der Waals surface area (Å²) in [6.07, 6.45) is -1.85. The van der Waals surface area contributed by atoms with Crippen molar-refractivity contribution in [1.29, 1.82) is 0 Å². The van der Waals surface area contributed by atoms with E-state index >= 15 is 0 Å². The Hall–Kier alpha value is -1.64. The minimum atomic E-state index is -4.47. The molecule has 0 saturated carbocycles. The lowest BCUT2D eigenvalue weighted by atomic mass is 9.92. The molecule has 0 bridgehead atoms. The molecule has 2 N–H and O–H groups in total. The van der Waals surface area contributed by atoms with Crippen molar-refractivity contribution in [1.82, 2.24) is 9.80 Å². The molecule has 1 aromatic carbocycles. The van der Waals surface area contributed by atoms with Gasteiger partial charge in [-0.25, -0.2) is 0 Å². The molecular formula is C20H27F3N2O3. The first-order chi connectivity index (χ1) is 13.3. The zero-order valence-electron chi connectivity index (χ0n) is 15.7. The van der Waals surface area contributed by atoms with Crippen molar-refractivity contribution in [3.05, 3.63) is 35.4 Å². The molecule has 0 aliphatic carbocycles. The van der Waals surface area contributed by atoms with Crippen LogP contribution in [-0.2, 0) is 6.18 Å². The summed E-state index contributed by atoms with van der Waals surface area (Å²) in [6, 6.07) is 4.63. The number of hydrogen-bond acceptors (Lipinski definition) is 4. The van der Waals surface area contributed by atoms with Gasteiger partial charge in [-0.3, -0.25) is 9.69 Å². The molecule has 0 unspecified atom stereocenters. The number of halogens is 3. The Labute approximate surface area is 162 Å². The van der Waals surface area contributed by atoms with E-state index in [9.17, 15) is 28.2 Å². The molecule has 2 fully saturated rings. The zero-order valence-corrected chi connectivity index (χ0v) is 15.7. The van der Waals surface area contributed by atoms with Crippen LogP contribution in [0.4, 0.5) is 13.2 Å². The number of likely N-dealkylation sites (tertiary alicyclic amines) is 2. The summed E-state index contributed by atoms with van der Waals surface area (Å²) in [5.74, 6) is -0.0314. The van der Waals surface area contributed by atoms with Crippen molar-refractivity contribution in [3.63, 3.8) is 0 Å². The van der Waals surface area contributed by atoms with Crippen LogP contribution in [0.2, 0.25) is 0 Å². The van der Waals surface area contributed by atoms with E-state index in [1.54, 1.807) is 4.90 Å². The molecule has 0 spiro atoms. The standard InChI is InChI=1S/C20H27F3N2O3/c21-20(22,23)16-3-1-2-15(10-16)19(28)24-8-6-14(7-9-24)11-25-12-18(27)5-4-17(25)13-26/h1-3,10,14,17-18,26-27H,4-9,11-13H2/t17-,18-/m1/s1. The van der Waals surface area contributed by atoms with Gasteiger partial charge in [0.1, 0.15) is 0 Å². The van der Waals surface area contributed by atoms with Gasteiger partial charge in [-0.15, -0.1) is 0 Å². The smallest absolute Gasteiger partial charge is 0.395 e. The summed E-state index contributed by atoms with van der Waals surface area (Å²) in [4.78, 5) is 16.3. The van der Waals surface area contributed by atoms with Gasteiger partial charge in [0, 0.05) is 37.8 Å². The van der Waals surface area contributed by atoms with Crippen LogP contribution in [0.25, 0.3) is 0 Å². The summed E-state index contributed by atoms with van der Waals surface area (Å²) in [5.41, 5.74) is -0.750. The average Bonchev–Trinajstić information content (AvgIpc) is 2.68. The number of nitrogens with zero attached hydrogens (tertiary/aromatic N) is 2. The minimum absolute atomic E-state index is 0.0628. The van der Waals surface area contributed by atoms with E-state index in [4.69, 9.17) is 0 Å². The Balaban J connectivity index is 1.56. The van der Waals surface area contributed by atoms with Crippen molar-refractivity contribution in [3.8, 4) is 0 Å². The van der Waals surface area contributed by atoms with Gasteiger partial charge in [-0.2, -0.15) is 13.2 Å². The number of carbonyl (C=O) groups excluding carboxylic acids is 1. The maximum Gasteiger partial charge on any atom is 0.416 e. The number of rotatable bonds is 4. The van der Waals surface area contributed by atoms with Crippen LogP contribution in [0.3, 0.4) is 0 Å². The molecule has 2 saturated heterocycles. The number of aliphatic hydroxyl groups is 2. The van der Waals surface area contributed by atoms with Crippen molar-refractivity contribution in [2.45, 2.75) is 44.0 Å². The maximum absolute atomic E-state index is 12.9. The summed E-state index contributed by atoms with van der Waals surface area (Å²) >= 11 is 0. The van der Waals surface area contributed by atoms with E-state index in [0.717, 1.165) is 37.9 Å². The predicted molar refractivity (Wildman–Crippen MR) is 97.8 cm³/mol. The van der Waals surface area contributed by atoms with Gasteiger partial charge in [0.25, 0.3) is 5.91 Å². The van der Waals surface area contributed by atoms with Crippen LogP contribution < -0.4 is 0 Å². The third-order valence-electron chi connectivity index (χ3n) is 5.84. The fraction of sp³-hybridized carbons (Fsp3) is 0.650. The Bertz CT molecular complexity index is 675. The minimum Gasteiger partial charge on any atom is -0.395 e. The number of benzene rings is 1. The second-order valence-corrected chi connectivity index (χ2v) is 7.84. The lowest BCUT2D eigenvalue weighted by Crippen LogP contribution is -2.50. The van der Waals surface area contributed by atoms with Gasteiger partial charge in [0.2, 0.25) is 0 Å². The van der Waals surface area contributed by atoms with E-state index in [-0.39, 0.29) is 30.2 Å².